The number of aryl methyl sites for hydroxylation is 1. The van der Waals surface area contributed by atoms with Crippen molar-refractivity contribution in [1.82, 2.24) is 10.3 Å². The van der Waals surface area contributed by atoms with Gasteiger partial charge in [-0.2, -0.15) is 0 Å². The lowest BCUT2D eigenvalue weighted by Crippen LogP contribution is -2.48. The van der Waals surface area contributed by atoms with Crippen molar-refractivity contribution in [3.63, 3.8) is 0 Å². The van der Waals surface area contributed by atoms with Crippen molar-refractivity contribution in [3.05, 3.63) is 16.1 Å². The molecule has 0 spiro atoms. The first-order valence-electron chi connectivity index (χ1n) is 5.43. The number of aliphatic carboxylic acids is 1. The van der Waals surface area contributed by atoms with Crippen LogP contribution in [0.4, 0.5) is 0 Å². The van der Waals surface area contributed by atoms with E-state index in [4.69, 9.17) is 5.11 Å². The quantitative estimate of drug-likeness (QED) is 0.801. The van der Waals surface area contributed by atoms with Gasteiger partial charge in [-0.1, -0.05) is 13.8 Å². The van der Waals surface area contributed by atoms with Gasteiger partial charge in [-0.05, 0) is 19.8 Å². The van der Waals surface area contributed by atoms with Gasteiger partial charge in [-0.25, -0.2) is 4.98 Å². The first-order chi connectivity index (χ1) is 7.51. The van der Waals surface area contributed by atoms with Crippen LogP contribution in [0.1, 0.15) is 37.9 Å². The van der Waals surface area contributed by atoms with E-state index in [0.717, 1.165) is 17.1 Å². The molecule has 1 aromatic rings. The Morgan fingerprint density at radius 3 is 2.75 bits per heavy atom. The zero-order chi connectivity index (χ0) is 12.2. The van der Waals surface area contributed by atoms with E-state index in [1.54, 1.807) is 18.3 Å². The van der Waals surface area contributed by atoms with Gasteiger partial charge >= 0.3 is 5.97 Å². The second-order valence-corrected chi connectivity index (χ2v) is 4.87. The first-order valence-corrected chi connectivity index (χ1v) is 6.31. The van der Waals surface area contributed by atoms with Crippen LogP contribution in [0.5, 0.6) is 0 Å². The standard InChI is InChI=1S/C11H18N2O2S/c1-4-9-13-8(7-16-9)6-12-11(3,5-2)10(14)15/h7,12H,4-6H2,1-3H3,(H,14,15). The van der Waals surface area contributed by atoms with Crippen molar-refractivity contribution in [2.75, 3.05) is 0 Å². The molecule has 1 heterocycles. The van der Waals surface area contributed by atoms with Gasteiger partial charge < -0.3 is 5.11 Å². The third-order valence-electron chi connectivity index (χ3n) is 2.74. The molecule has 0 aliphatic carbocycles. The molecule has 2 N–H and O–H groups in total. The number of carboxylic acid groups (broad SMARTS) is 1. The van der Waals surface area contributed by atoms with Gasteiger partial charge in [0.1, 0.15) is 5.54 Å². The molecule has 4 nitrogen and oxygen atoms in total. The van der Waals surface area contributed by atoms with Crippen LogP contribution < -0.4 is 5.32 Å². The maximum Gasteiger partial charge on any atom is 0.323 e. The maximum absolute atomic E-state index is 11.1. The monoisotopic (exact) mass is 242 g/mol. The lowest BCUT2D eigenvalue weighted by molar-refractivity contribution is -0.144. The van der Waals surface area contributed by atoms with Crippen LogP contribution in [-0.2, 0) is 17.8 Å². The molecular weight excluding hydrogens is 224 g/mol. The summed E-state index contributed by atoms with van der Waals surface area (Å²) in [6, 6.07) is 0. The van der Waals surface area contributed by atoms with E-state index in [0.29, 0.717) is 13.0 Å². The fourth-order valence-corrected chi connectivity index (χ4v) is 1.97. The minimum atomic E-state index is -0.865. The first kappa shape index (κ1) is 13.1. The summed E-state index contributed by atoms with van der Waals surface area (Å²) >= 11 is 1.62. The molecule has 0 radical (unpaired) electrons. The number of carboxylic acids is 1. The van der Waals surface area contributed by atoms with Crippen LogP contribution >= 0.6 is 11.3 Å². The molecule has 1 aromatic heterocycles. The van der Waals surface area contributed by atoms with Gasteiger partial charge in [0.2, 0.25) is 0 Å². The zero-order valence-corrected chi connectivity index (χ0v) is 10.7. The lowest BCUT2D eigenvalue weighted by atomic mass is 9.99. The highest BCUT2D eigenvalue weighted by molar-refractivity contribution is 7.09. The third kappa shape index (κ3) is 3.02. The summed E-state index contributed by atoms with van der Waals surface area (Å²) < 4.78 is 0. The predicted octanol–water partition coefficient (Wildman–Crippen LogP) is 2.05. The molecule has 0 amide bonds. The minimum absolute atomic E-state index is 0.507. The molecule has 0 bridgehead atoms. The SMILES string of the molecule is CCc1nc(CNC(C)(CC)C(=O)O)cs1. The second kappa shape index (κ2) is 5.41. The molecule has 0 saturated carbocycles. The number of hydrogen-bond donors (Lipinski definition) is 2. The third-order valence-corrected chi connectivity index (χ3v) is 3.78. The topological polar surface area (TPSA) is 62.2 Å². The Kier molecular flexibility index (Phi) is 4.44. The summed E-state index contributed by atoms with van der Waals surface area (Å²) in [6.45, 7) is 6.12. The van der Waals surface area contributed by atoms with Gasteiger partial charge in [-0.15, -0.1) is 11.3 Å². The number of aromatic nitrogens is 1. The van der Waals surface area contributed by atoms with E-state index in [1.807, 2.05) is 12.3 Å². The van der Waals surface area contributed by atoms with E-state index >= 15 is 0 Å². The van der Waals surface area contributed by atoms with Crippen molar-refractivity contribution in [2.45, 2.75) is 45.7 Å². The Bertz CT molecular complexity index is 365. The van der Waals surface area contributed by atoms with Gasteiger partial charge in [0.15, 0.2) is 0 Å². The van der Waals surface area contributed by atoms with Crippen LogP contribution in [-0.4, -0.2) is 21.6 Å². The second-order valence-electron chi connectivity index (χ2n) is 3.93. The normalized spacial score (nSPS) is 14.7. The van der Waals surface area contributed by atoms with E-state index in [-0.39, 0.29) is 0 Å². The molecule has 0 aliphatic heterocycles. The van der Waals surface area contributed by atoms with Gasteiger partial charge in [0.25, 0.3) is 0 Å². The maximum atomic E-state index is 11.1. The number of thiazole rings is 1. The lowest BCUT2D eigenvalue weighted by Gasteiger charge is -2.24. The largest absolute Gasteiger partial charge is 0.480 e. The minimum Gasteiger partial charge on any atom is -0.480 e. The van der Waals surface area contributed by atoms with E-state index in [9.17, 15) is 4.79 Å². The summed E-state index contributed by atoms with van der Waals surface area (Å²) in [6.07, 6.45) is 1.47. The Labute approximate surface area is 99.7 Å². The molecule has 90 valence electrons. The summed E-state index contributed by atoms with van der Waals surface area (Å²) in [5.74, 6) is -0.819. The van der Waals surface area contributed by atoms with E-state index in [2.05, 4.69) is 17.2 Å². The highest BCUT2D eigenvalue weighted by Gasteiger charge is 2.30. The number of carbonyl (C=O) groups is 1. The van der Waals surface area contributed by atoms with Crippen LogP contribution in [0.15, 0.2) is 5.38 Å². The summed E-state index contributed by atoms with van der Waals surface area (Å²) in [5.41, 5.74) is 0.0542. The molecule has 1 unspecified atom stereocenters. The number of hydrogen-bond acceptors (Lipinski definition) is 4. The Balaban J connectivity index is 2.59. The molecule has 1 atom stereocenters. The average molecular weight is 242 g/mol. The zero-order valence-electron chi connectivity index (χ0n) is 9.91. The fourth-order valence-electron chi connectivity index (χ4n) is 1.23. The Hall–Kier alpha value is -0.940. The Morgan fingerprint density at radius 2 is 2.31 bits per heavy atom. The Morgan fingerprint density at radius 1 is 1.62 bits per heavy atom. The van der Waals surface area contributed by atoms with Crippen molar-refractivity contribution < 1.29 is 9.90 Å². The van der Waals surface area contributed by atoms with Crippen molar-refractivity contribution in [1.29, 1.82) is 0 Å². The van der Waals surface area contributed by atoms with E-state index < -0.39 is 11.5 Å². The molecule has 5 heteroatoms. The summed E-state index contributed by atoms with van der Waals surface area (Å²) in [4.78, 5) is 15.4. The number of nitrogens with one attached hydrogen (secondary N) is 1. The van der Waals surface area contributed by atoms with Gasteiger partial charge in [0.05, 0.1) is 10.7 Å². The highest BCUT2D eigenvalue weighted by atomic mass is 32.1. The summed E-state index contributed by atoms with van der Waals surface area (Å²) in [5, 5.41) is 15.2. The van der Waals surface area contributed by atoms with Crippen LogP contribution in [0, 0.1) is 0 Å². The van der Waals surface area contributed by atoms with Crippen LogP contribution in [0.25, 0.3) is 0 Å². The van der Waals surface area contributed by atoms with Crippen LogP contribution in [0.2, 0.25) is 0 Å². The molecule has 1 rings (SSSR count). The average Bonchev–Trinajstić information content (AvgIpc) is 2.73. The number of rotatable bonds is 6. The smallest absolute Gasteiger partial charge is 0.323 e. The van der Waals surface area contributed by atoms with Crippen molar-refractivity contribution in [2.24, 2.45) is 0 Å². The number of nitrogens with zero attached hydrogens (tertiary/aromatic N) is 1. The highest BCUT2D eigenvalue weighted by Crippen LogP contribution is 2.13. The van der Waals surface area contributed by atoms with Crippen molar-refractivity contribution >= 4 is 17.3 Å². The molecule has 0 aromatic carbocycles. The van der Waals surface area contributed by atoms with Gasteiger partial charge in [0, 0.05) is 11.9 Å². The molecule has 0 fully saturated rings. The molecule has 0 saturated heterocycles. The molecular formula is C11H18N2O2S. The predicted molar refractivity (Wildman–Crippen MR) is 64.7 cm³/mol. The molecule has 16 heavy (non-hydrogen) atoms. The fraction of sp³-hybridized carbons (Fsp3) is 0.636. The van der Waals surface area contributed by atoms with E-state index in [1.165, 1.54) is 0 Å². The van der Waals surface area contributed by atoms with Crippen molar-refractivity contribution in [3.8, 4) is 0 Å². The van der Waals surface area contributed by atoms with Gasteiger partial charge in [-0.3, -0.25) is 10.1 Å². The summed E-state index contributed by atoms with van der Waals surface area (Å²) in [7, 11) is 0. The van der Waals surface area contributed by atoms with Crippen LogP contribution in [0.3, 0.4) is 0 Å². The molecule has 0 aliphatic rings.